The van der Waals surface area contributed by atoms with Crippen molar-refractivity contribution in [2.75, 3.05) is 13.1 Å². The number of pyridine rings is 1. The third kappa shape index (κ3) is 3.44. The highest BCUT2D eigenvalue weighted by Gasteiger charge is 2.35. The van der Waals surface area contributed by atoms with E-state index < -0.39 is 10.0 Å². The van der Waals surface area contributed by atoms with Crippen molar-refractivity contribution in [3.05, 3.63) is 36.4 Å². The van der Waals surface area contributed by atoms with E-state index in [2.05, 4.69) is 9.97 Å². The second-order valence-electron chi connectivity index (χ2n) is 6.26. The van der Waals surface area contributed by atoms with Crippen LogP contribution in [0.15, 0.2) is 35.7 Å². The SMILES string of the molecule is Cc1cccc(OC2CCN(S(=O)(=O)c3cn(C(C)C)cn3)C2)n1. The van der Waals surface area contributed by atoms with Crippen molar-refractivity contribution in [2.24, 2.45) is 0 Å². The summed E-state index contributed by atoms with van der Waals surface area (Å²) in [5.74, 6) is 0.531. The molecule has 0 aromatic carbocycles. The Morgan fingerprint density at radius 1 is 1.33 bits per heavy atom. The van der Waals surface area contributed by atoms with Crippen LogP contribution in [-0.2, 0) is 10.0 Å². The Labute approximate surface area is 142 Å². The van der Waals surface area contributed by atoms with Crippen LogP contribution in [0.25, 0.3) is 0 Å². The molecule has 2 aromatic rings. The predicted molar refractivity (Wildman–Crippen MR) is 89.4 cm³/mol. The van der Waals surface area contributed by atoms with E-state index in [1.165, 1.54) is 4.31 Å². The van der Waals surface area contributed by atoms with E-state index in [0.717, 1.165) is 5.69 Å². The Bertz CT molecular complexity index is 816. The van der Waals surface area contributed by atoms with Gasteiger partial charge in [-0.15, -0.1) is 0 Å². The van der Waals surface area contributed by atoms with Crippen molar-refractivity contribution >= 4 is 10.0 Å². The molecule has 0 spiro atoms. The quantitative estimate of drug-likeness (QED) is 0.824. The van der Waals surface area contributed by atoms with Crippen molar-refractivity contribution in [1.29, 1.82) is 0 Å². The molecule has 0 bridgehead atoms. The van der Waals surface area contributed by atoms with Gasteiger partial charge in [0.1, 0.15) is 6.10 Å². The van der Waals surface area contributed by atoms with Gasteiger partial charge in [0.2, 0.25) is 5.88 Å². The molecule has 1 unspecified atom stereocenters. The zero-order valence-corrected chi connectivity index (χ0v) is 14.9. The molecule has 1 atom stereocenters. The highest BCUT2D eigenvalue weighted by Crippen LogP contribution is 2.23. The topological polar surface area (TPSA) is 77.3 Å². The van der Waals surface area contributed by atoms with Gasteiger partial charge in [0.05, 0.1) is 12.9 Å². The number of hydrogen-bond donors (Lipinski definition) is 0. The fourth-order valence-corrected chi connectivity index (χ4v) is 4.04. The van der Waals surface area contributed by atoms with Crippen LogP contribution < -0.4 is 4.74 Å². The van der Waals surface area contributed by atoms with E-state index in [9.17, 15) is 8.42 Å². The Hall–Kier alpha value is -1.93. The molecule has 7 nitrogen and oxygen atoms in total. The number of aromatic nitrogens is 3. The summed E-state index contributed by atoms with van der Waals surface area (Å²) in [6, 6.07) is 5.72. The lowest BCUT2D eigenvalue weighted by atomic mass is 10.3. The molecule has 1 aliphatic rings. The standard InChI is InChI=1S/C16H22N4O3S/c1-12(2)19-10-16(17-11-19)24(21,22)20-8-7-14(9-20)23-15-6-4-5-13(3)18-15/h4-6,10-12,14H,7-9H2,1-3H3. The molecule has 3 rings (SSSR count). The van der Waals surface area contributed by atoms with E-state index in [4.69, 9.17) is 4.74 Å². The summed E-state index contributed by atoms with van der Waals surface area (Å²) in [6.45, 7) is 6.59. The van der Waals surface area contributed by atoms with E-state index in [-0.39, 0.29) is 17.2 Å². The van der Waals surface area contributed by atoms with Gasteiger partial charge in [-0.25, -0.2) is 18.4 Å². The maximum atomic E-state index is 12.7. The lowest BCUT2D eigenvalue weighted by Crippen LogP contribution is -2.31. The Kier molecular flexibility index (Phi) is 4.60. The van der Waals surface area contributed by atoms with Crippen LogP contribution in [0.5, 0.6) is 5.88 Å². The second kappa shape index (κ2) is 6.52. The molecular formula is C16H22N4O3S. The van der Waals surface area contributed by atoms with Crippen LogP contribution in [0.2, 0.25) is 0 Å². The Balaban J connectivity index is 1.69. The molecule has 0 N–H and O–H groups in total. The van der Waals surface area contributed by atoms with Crippen LogP contribution in [0.1, 0.15) is 32.0 Å². The van der Waals surface area contributed by atoms with Gasteiger partial charge in [-0.1, -0.05) is 6.07 Å². The van der Waals surface area contributed by atoms with Crippen LogP contribution in [0, 0.1) is 6.92 Å². The summed E-state index contributed by atoms with van der Waals surface area (Å²) in [6.07, 6.45) is 3.58. The van der Waals surface area contributed by atoms with Gasteiger partial charge in [-0.05, 0) is 33.3 Å². The number of rotatable bonds is 5. The first-order valence-corrected chi connectivity index (χ1v) is 9.44. The summed E-state index contributed by atoms with van der Waals surface area (Å²) in [7, 11) is -3.58. The largest absolute Gasteiger partial charge is 0.473 e. The van der Waals surface area contributed by atoms with Gasteiger partial charge in [0.15, 0.2) is 5.03 Å². The Morgan fingerprint density at radius 3 is 2.79 bits per heavy atom. The molecule has 8 heteroatoms. The molecule has 2 aromatic heterocycles. The predicted octanol–water partition coefficient (Wildman–Crippen LogP) is 2.01. The number of hydrogen-bond acceptors (Lipinski definition) is 5. The first-order chi connectivity index (χ1) is 11.4. The van der Waals surface area contributed by atoms with E-state index in [1.54, 1.807) is 23.2 Å². The minimum atomic E-state index is -3.58. The van der Waals surface area contributed by atoms with Crippen LogP contribution in [0.3, 0.4) is 0 Å². The maximum Gasteiger partial charge on any atom is 0.262 e. The molecule has 1 saturated heterocycles. The van der Waals surface area contributed by atoms with E-state index >= 15 is 0 Å². The normalized spacial score (nSPS) is 19.1. The molecule has 1 aliphatic heterocycles. The van der Waals surface area contributed by atoms with Crippen molar-refractivity contribution < 1.29 is 13.2 Å². The lowest BCUT2D eigenvalue weighted by Gasteiger charge is -2.16. The average Bonchev–Trinajstić information content (AvgIpc) is 3.16. The number of ether oxygens (including phenoxy) is 1. The summed E-state index contributed by atoms with van der Waals surface area (Å²) in [5, 5.41) is 0.0885. The van der Waals surface area contributed by atoms with Gasteiger partial charge in [0, 0.05) is 30.5 Å². The van der Waals surface area contributed by atoms with Gasteiger partial charge in [-0.3, -0.25) is 0 Å². The van der Waals surface area contributed by atoms with Gasteiger partial charge in [0.25, 0.3) is 10.0 Å². The third-order valence-electron chi connectivity index (χ3n) is 4.04. The maximum absolute atomic E-state index is 12.7. The van der Waals surface area contributed by atoms with Crippen molar-refractivity contribution in [2.45, 2.75) is 44.4 Å². The van der Waals surface area contributed by atoms with Gasteiger partial charge in [-0.2, -0.15) is 4.31 Å². The highest BCUT2D eigenvalue weighted by atomic mass is 32.2. The van der Waals surface area contributed by atoms with Crippen LogP contribution in [0.4, 0.5) is 0 Å². The minimum Gasteiger partial charge on any atom is -0.473 e. The zero-order chi connectivity index (χ0) is 17.3. The zero-order valence-electron chi connectivity index (χ0n) is 14.1. The first-order valence-electron chi connectivity index (χ1n) is 8.00. The summed E-state index contributed by atoms with van der Waals surface area (Å²) >= 11 is 0. The molecule has 24 heavy (non-hydrogen) atoms. The van der Waals surface area contributed by atoms with Crippen molar-refractivity contribution in [3.8, 4) is 5.88 Å². The number of aryl methyl sites for hydroxylation is 1. The number of nitrogens with zero attached hydrogens (tertiary/aromatic N) is 4. The molecule has 0 radical (unpaired) electrons. The van der Waals surface area contributed by atoms with Crippen LogP contribution in [-0.4, -0.2) is 46.5 Å². The summed E-state index contributed by atoms with van der Waals surface area (Å²) < 4.78 is 34.4. The summed E-state index contributed by atoms with van der Waals surface area (Å²) in [5.41, 5.74) is 0.870. The fraction of sp³-hybridized carbons (Fsp3) is 0.500. The number of sulfonamides is 1. The molecule has 0 aliphatic carbocycles. The van der Waals surface area contributed by atoms with E-state index in [1.807, 2.05) is 32.9 Å². The monoisotopic (exact) mass is 350 g/mol. The molecule has 0 saturated carbocycles. The first kappa shape index (κ1) is 16.9. The molecular weight excluding hydrogens is 328 g/mol. The number of imidazole rings is 1. The molecule has 3 heterocycles. The third-order valence-corrected chi connectivity index (χ3v) is 5.79. The van der Waals surface area contributed by atoms with Crippen molar-refractivity contribution in [3.63, 3.8) is 0 Å². The summed E-state index contributed by atoms with van der Waals surface area (Å²) in [4.78, 5) is 8.35. The van der Waals surface area contributed by atoms with Gasteiger partial charge < -0.3 is 9.30 Å². The second-order valence-corrected chi connectivity index (χ2v) is 8.15. The van der Waals surface area contributed by atoms with Crippen molar-refractivity contribution in [1.82, 2.24) is 18.8 Å². The van der Waals surface area contributed by atoms with Gasteiger partial charge >= 0.3 is 0 Å². The van der Waals surface area contributed by atoms with E-state index in [0.29, 0.717) is 25.4 Å². The lowest BCUT2D eigenvalue weighted by molar-refractivity contribution is 0.206. The molecule has 130 valence electrons. The Morgan fingerprint density at radius 2 is 2.12 bits per heavy atom. The average molecular weight is 350 g/mol. The highest BCUT2D eigenvalue weighted by molar-refractivity contribution is 7.89. The van der Waals surface area contributed by atoms with Crippen LogP contribution >= 0.6 is 0 Å². The molecule has 0 amide bonds. The fourth-order valence-electron chi connectivity index (χ4n) is 2.63. The smallest absolute Gasteiger partial charge is 0.262 e. The minimum absolute atomic E-state index is 0.0885. The molecule has 1 fully saturated rings.